The van der Waals surface area contributed by atoms with E-state index < -0.39 is 16.3 Å². The number of nitro groups is 1. The maximum Gasteiger partial charge on any atom is 0.316 e. The number of likely N-dealkylation sites (N-methyl/N-ethyl adjacent to an activating group) is 1. The van der Waals surface area contributed by atoms with Crippen molar-refractivity contribution in [3.05, 3.63) is 98.6 Å². The van der Waals surface area contributed by atoms with Crippen LogP contribution in [0.1, 0.15) is 57.1 Å². The van der Waals surface area contributed by atoms with Gasteiger partial charge in [-0.15, -0.1) is 0 Å². The molecule has 234 valence electrons. The van der Waals surface area contributed by atoms with Crippen molar-refractivity contribution in [3.63, 3.8) is 0 Å². The van der Waals surface area contributed by atoms with E-state index in [0.29, 0.717) is 43.7 Å². The van der Waals surface area contributed by atoms with Crippen molar-refractivity contribution in [2.45, 2.75) is 51.4 Å². The third-order valence-corrected chi connectivity index (χ3v) is 8.83. The van der Waals surface area contributed by atoms with Gasteiger partial charge in [0.05, 0.1) is 34.8 Å². The average molecular weight is 604 g/mol. The molecule has 44 heavy (non-hydrogen) atoms. The minimum atomic E-state index is -0.667. The molecule has 0 radical (unpaired) electrons. The quantitative estimate of drug-likeness (QED) is 0.156. The van der Waals surface area contributed by atoms with Gasteiger partial charge >= 0.3 is 5.97 Å². The van der Waals surface area contributed by atoms with Crippen molar-refractivity contribution < 1.29 is 24.0 Å². The van der Waals surface area contributed by atoms with Crippen LogP contribution in [-0.4, -0.2) is 78.2 Å². The van der Waals surface area contributed by atoms with E-state index in [1.54, 1.807) is 21.9 Å². The molecule has 0 saturated carbocycles. The highest BCUT2D eigenvalue weighted by molar-refractivity contribution is 5.83. The van der Waals surface area contributed by atoms with E-state index in [1.165, 1.54) is 19.2 Å². The summed E-state index contributed by atoms with van der Waals surface area (Å²) in [4.78, 5) is 54.1. The summed E-state index contributed by atoms with van der Waals surface area (Å²) >= 11 is 0. The van der Waals surface area contributed by atoms with Crippen molar-refractivity contribution in [2.75, 3.05) is 39.8 Å². The second-order valence-electron chi connectivity index (χ2n) is 11.3. The number of esters is 1. The van der Waals surface area contributed by atoms with Crippen molar-refractivity contribution in [1.82, 2.24) is 20.0 Å². The number of nitro benzene ring substituents is 1. The van der Waals surface area contributed by atoms with Crippen molar-refractivity contribution in [1.29, 1.82) is 0 Å². The molecule has 2 aromatic carbocycles. The number of rotatable bonds is 13. The highest BCUT2D eigenvalue weighted by Crippen LogP contribution is 2.41. The Labute approximate surface area is 258 Å². The van der Waals surface area contributed by atoms with E-state index >= 15 is 0 Å². The Balaban J connectivity index is 1.52. The van der Waals surface area contributed by atoms with Gasteiger partial charge in [-0.3, -0.25) is 24.5 Å². The summed E-state index contributed by atoms with van der Waals surface area (Å²) in [6, 6.07) is 16.1. The topological polar surface area (TPSA) is 125 Å². The molecule has 1 fully saturated rings. The molecule has 1 saturated heterocycles. The number of nitrogens with one attached hydrogen (secondary N) is 1. The number of non-ortho nitro benzene ring substituents is 1. The van der Waals surface area contributed by atoms with Gasteiger partial charge in [-0.1, -0.05) is 42.5 Å². The summed E-state index contributed by atoms with van der Waals surface area (Å²) < 4.78 is 5.22. The molecule has 1 unspecified atom stereocenters. The fraction of sp³-hybridized carbons (Fsp3) is 0.424. The summed E-state index contributed by atoms with van der Waals surface area (Å²) in [6.07, 6.45) is 3.54. The van der Waals surface area contributed by atoms with Gasteiger partial charge in [0.1, 0.15) is 0 Å². The molecule has 1 N–H and O–H groups in total. The Kier molecular flexibility index (Phi) is 10.5. The minimum Gasteiger partial charge on any atom is -0.468 e. The Hall–Kier alpha value is -4.51. The molecule has 11 nitrogen and oxygen atoms in total. The number of hydrogen-bond acceptors (Lipinski definition) is 8. The van der Waals surface area contributed by atoms with Crippen LogP contribution >= 0.6 is 0 Å². The Morgan fingerprint density at radius 2 is 1.61 bits per heavy atom. The van der Waals surface area contributed by atoms with Gasteiger partial charge in [0, 0.05) is 36.6 Å². The largest absolute Gasteiger partial charge is 0.468 e. The third kappa shape index (κ3) is 6.52. The molecule has 2 amide bonds. The molecule has 0 aromatic heterocycles. The number of benzene rings is 2. The monoisotopic (exact) mass is 603 g/mol. The number of hydrogen-bond donors (Lipinski definition) is 1. The third-order valence-electron chi connectivity index (χ3n) is 8.83. The maximum atomic E-state index is 12.9. The van der Waals surface area contributed by atoms with Crippen LogP contribution in [0.5, 0.6) is 0 Å². The number of ether oxygens (including phenoxy) is 1. The number of methoxy groups -OCH3 is 1. The molecular formula is C33H41N5O6. The van der Waals surface area contributed by atoms with E-state index in [4.69, 9.17) is 4.74 Å². The number of carbonyl (C=O) groups excluding carboxylic acids is 3. The first-order valence-electron chi connectivity index (χ1n) is 14.9. The lowest BCUT2D eigenvalue weighted by Crippen LogP contribution is -2.48. The summed E-state index contributed by atoms with van der Waals surface area (Å²) in [6.45, 7) is 8.66. The molecule has 2 aliphatic rings. The van der Waals surface area contributed by atoms with Crippen LogP contribution in [0.2, 0.25) is 0 Å². The molecule has 0 spiro atoms. The fourth-order valence-corrected chi connectivity index (χ4v) is 6.56. The highest BCUT2D eigenvalue weighted by Gasteiger charge is 2.44. The van der Waals surface area contributed by atoms with Gasteiger partial charge in [0.25, 0.3) is 5.69 Å². The predicted molar refractivity (Wildman–Crippen MR) is 166 cm³/mol. The van der Waals surface area contributed by atoms with Crippen LogP contribution in [0, 0.1) is 10.1 Å². The number of piperidine rings is 1. The number of likely N-dealkylation sites (tertiary alicyclic amines) is 1. The number of carbonyl (C=O) groups is 3. The van der Waals surface area contributed by atoms with Gasteiger partial charge in [0.15, 0.2) is 0 Å². The summed E-state index contributed by atoms with van der Waals surface area (Å²) in [5, 5.41) is 14.7. The molecule has 2 aromatic rings. The van der Waals surface area contributed by atoms with Crippen LogP contribution in [0.15, 0.2) is 77.4 Å². The summed E-state index contributed by atoms with van der Waals surface area (Å²) in [7, 11) is 1.44. The fourth-order valence-electron chi connectivity index (χ4n) is 6.56. The lowest BCUT2D eigenvalue weighted by atomic mass is 9.72. The minimum absolute atomic E-state index is 0.0350. The first kappa shape index (κ1) is 32.4. The van der Waals surface area contributed by atoms with Gasteiger partial charge in [-0.05, 0) is 70.8 Å². The van der Waals surface area contributed by atoms with Crippen LogP contribution < -0.4 is 5.32 Å². The van der Waals surface area contributed by atoms with E-state index in [0.717, 1.165) is 55.0 Å². The van der Waals surface area contributed by atoms with Gasteiger partial charge in [0.2, 0.25) is 12.8 Å². The molecule has 0 bridgehead atoms. The van der Waals surface area contributed by atoms with Gasteiger partial charge in [-0.2, -0.15) is 0 Å². The maximum absolute atomic E-state index is 12.9. The van der Waals surface area contributed by atoms with E-state index in [9.17, 15) is 24.5 Å². The molecule has 4 rings (SSSR count). The van der Waals surface area contributed by atoms with Crippen molar-refractivity contribution in [2.24, 2.45) is 0 Å². The first-order chi connectivity index (χ1) is 21.2. The van der Waals surface area contributed by atoms with E-state index in [2.05, 4.69) is 10.2 Å². The molecule has 2 heterocycles. The van der Waals surface area contributed by atoms with Crippen LogP contribution in [0.25, 0.3) is 0 Å². The van der Waals surface area contributed by atoms with Gasteiger partial charge < -0.3 is 24.8 Å². The summed E-state index contributed by atoms with van der Waals surface area (Å²) in [5.41, 5.74) is 3.94. The van der Waals surface area contributed by atoms with Gasteiger partial charge in [-0.25, -0.2) is 0 Å². The average Bonchev–Trinajstić information content (AvgIpc) is 3.05. The second kappa shape index (κ2) is 14.3. The van der Waals surface area contributed by atoms with Crippen LogP contribution in [-0.2, 0) is 24.5 Å². The van der Waals surface area contributed by atoms with Crippen LogP contribution in [0.3, 0.4) is 0 Å². The predicted octanol–water partition coefficient (Wildman–Crippen LogP) is 4.28. The zero-order valence-corrected chi connectivity index (χ0v) is 25.8. The standard InChI is InChI=1S/C33H41N5O6/c1-5-36(22-39)30-24(2)34-25(3)31(29(30)26-12-14-28(15-13-26)38(42)43)37(23-40)19-9-18-35-20-16-33(17-21-35,32(41)44-4)27-10-7-6-8-11-27/h6-8,10-15,22-23,29,34H,5,9,16-21H2,1-4H3. The normalized spacial score (nSPS) is 18.3. The molecular weight excluding hydrogens is 562 g/mol. The Morgan fingerprint density at radius 1 is 1.02 bits per heavy atom. The van der Waals surface area contributed by atoms with E-state index in [-0.39, 0.29) is 11.7 Å². The smallest absolute Gasteiger partial charge is 0.316 e. The van der Waals surface area contributed by atoms with Crippen LogP contribution in [0.4, 0.5) is 5.69 Å². The Bertz CT molecular complexity index is 1410. The SMILES string of the molecule is CCN(C=O)C1=C(C)NC(C)=C(N(C=O)CCCN2CCC(C(=O)OC)(c3ccccc3)CC2)C1c1ccc([N+](=O)[O-])cc1. The Morgan fingerprint density at radius 3 is 2.14 bits per heavy atom. The molecule has 1 atom stereocenters. The summed E-state index contributed by atoms with van der Waals surface area (Å²) in [5.74, 6) is -0.704. The molecule has 2 aliphatic heterocycles. The lowest BCUT2D eigenvalue weighted by Gasteiger charge is -2.41. The number of nitrogens with zero attached hydrogens (tertiary/aromatic N) is 4. The number of amides is 2. The number of dihydropyridines is 1. The lowest BCUT2D eigenvalue weighted by molar-refractivity contribution is -0.384. The van der Waals surface area contributed by atoms with Crippen molar-refractivity contribution in [3.8, 4) is 0 Å². The highest BCUT2D eigenvalue weighted by atomic mass is 16.6. The number of allylic oxidation sites excluding steroid dienone is 2. The van der Waals surface area contributed by atoms with E-state index in [1.807, 2.05) is 51.1 Å². The molecule has 0 aliphatic carbocycles. The van der Waals surface area contributed by atoms with Crippen molar-refractivity contribution >= 4 is 24.5 Å². The second-order valence-corrected chi connectivity index (χ2v) is 11.3. The zero-order chi connectivity index (χ0) is 31.9. The zero-order valence-electron chi connectivity index (χ0n) is 25.8. The first-order valence-corrected chi connectivity index (χ1v) is 14.9. The molecule has 11 heteroatoms.